The fraction of sp³-hybridized carbons (Fsp3) is 0.786. The largest absolute Gasteiger partial charge is 0.512 e. The monoisotopic (exact) mass is 256 g/mol. The average Bonchev–Trinajstić information content (AvgIpc) is 2.37. The molecule has 0 bridgehead atoms. The predicted molar refractivity (Wildman–Crippen MR) is 69.1 cm³/mol. The first-order chi connectivity index (χ1) is 8.43. The van der Waals surface area contributed by atoms with Gasteiger partial charge in [0.2, 0.25) is 0 Å². The van der Waals surface area contributed by atoms with Crippen molar-refractivity contribution in [2.24, 2.45) is 11.8 Å². The Kier molecular flexibility index (Phi) is 5.82. The van der Waals surface area contributed by atoms with E-state index >= 15 is 0 Å². The van der Waals surface area contributed by atoms with E-state index in [9.17, 15) is 20.1 Å². The molecule has 4 nitrogen and oxygen atoms in total. The predicted octanol–water partition coefficient (Wildman–Crippen LogP) is 1.96. The lowest BCUT2D eigenvalue weighted by Gasteiger charge is -2.22. The van der Waals surface area contributed by atoms with Crippen LogP contribution in [0.5, 0.6) is 0 Å². The van der Waals surface area contributed by atoms with Gasteiger partial charge in [0.1, 0.15) is 5.76 Å². The molecule has 0 radical (unpaired) electrons. The van der Waals surface area contributed by atoms with Crippen molar-refractivity contribution in [2.75, 3.05) is 0 Å². The zero-order valence-electron chi connectivity index (χ0n) is 11.2. The summed E-state index contributed by atoms with van der Waals surface area (Å²) in [6.07, 6.45) is 4.32. The Morgan fingerprint density at radius 2 is 1.72 bits per heavy atom. The summed E-state index contributed by atoms with van der Waals surface area (Å²) in [6.45, 7) is 3.05. The van der Waals surface area contributed by atoms with E-state index in [0.717, 1.165) is 25.7 Å². The molecule has 0 aliphatic heterocycles. The van der Waals surface area contributed by atoms with Crippen molar-refractivity contribution in [3.05, 3.63) is 11.8 Å². The fourth-order valence-electron chi connectivity index (χ4n) is 2.37. The van der Waals surface area contributed by atoms with Gasteiger partial charge in [0.15, 0.2) is 5.78 Å². The number of carbonyl (C=O) groups is 1. The maximum Gasteiger partial charge on any atom is 0.162 e. The number of allylic oxidation sites excluding steroid dienone is 1. The summed E-state index contributed by atoms with van der Waals surface area (Å²) in [5.41, 5.74) is 0. The minimum Gasteiger partial charge on any atom is -0.512 e. The third kappa shape index (κ3) is 4.10. The van der Waals surface area contributed by atoms with Crippen molar-refractivity contribution in [2.45, 2.75) is 58.2 Å². The number of rotatable bonds is 5. The first-order valence-electron chi connectivity index (χ1n) is 6.74. The minimum absolute atomic E-state index is 0.0109. The molecule has 3 unspecified atom stereocenters. The number of hydrogen-bond donors (Lipinski definition) is 3. The van der Waals surface area contributed by atoms with Crippen LogP contribution >= 0.6 is 0 Å². The molecule has 0 spiro atoms. The van der Waals surface area contributed by atoms with Gasteiger partial charge in [-0.2, -0.15) is 0 Å². The Labute approximate surface area is 108 Å². The zero-order valence-corrected chi connectivity index (χ0v) is 11.2. The highest BCUT2D eigenvalue weighted by Gasteiger charge is 2.25. The van der Waals surface area contributed by atoms with Gasteiger partial charge in [-0.3, -0.25) is 4.79 Å². The summed E-state index contributed by atoms with van der Waals surface area (Å²) in [6, 6.07) is 0. The normalized spacial score (nSPS) is 23.4. The van der Waals surface area contributed by atoms with Gasteiger partial charge < -0.3 is 15.3 Å². The number of ketones is 1. The van der Waals surface area contributed by atoms with Gasteiger partial charge in [-0.1, -0.05) is 26.2 Å². The van der Waals surface area contributed by atoms with Crippen LogP contribution in [0, 0.1) is 11.8 Å². The van der Waals surface area contributed by atoms with E-state index in [0.29, 0.717) is 0 Å². The standard InChI is InChI=1S/C14H24O4/c1-9(14(18)10(2)15)12(16)8-13(17)11-6-4-3-5-7-11/h8-11,14-16,18H,3-7H2,1-2H3. The van der Waals surface area contributed by atoms with Gasteiger partial charge in [-0.05, 0) is 19.8 Å². The molecule has 104 valence electrons. The molecule has 1 saturated carbocycles. The molecule has 3 atom stereocenters. The van der Waals surface area contributed by atoms with Crippen molar-refractivity contribution < 1.29 is 20.1 Å². The van der Waals surface area contributed by atoms with E-state index in [1.54, 1.807) is 6.92 Å². The molecule has 1 aliphatic carbocycles. The van der Waals surface area contributed by atoms with Gasteiger partial charge in [0.05, 0.1) is 12.2 Å². The number of aliphatic hydroxyl groups is 3. The lowest BCUT2D eigenvalue weighted by molar-refractivity contribution is -0.119. The molecule has 0 saturated heterocycles. The molecule has 0 heterocycles. The average molecular weight is 256 g/mol. The molecular weight excluding hydrogens is 232 g/mol. The van der Waals surface area contributed by atoms with E-state index in [2.05, 4.69) is 0 Å². The van der Waals surface area contributed by atoms with E-state index < -0.39 is 18.1 Å². The van der Waals surface area contributed by atoms with E-state index in [-0.39, 0.29) is 17.5 Å². The zero-order chi connectivity index (χ0) is 13.7. The number of aliphatic hydroxyl groups excluding tert-OH is 3. The molecule has 0 aromatic rings. The van der Waals surface area contributed by atoms with Crippen LogP contribution in [0.2, 0.25) is 0 Å². The van der Waals surface area contributed by atoms with E-state index in [1.807, 2.05) is 0 Å². The molecule has 1 fully saturated rings. The van der Waals surface area contributed by atoms with Crippen molar-refractivity contribution in [1.82, 2.24) is 0 Å². The molecule has 0 amide bonds. The van der Waals surface area contributed by atoms with Crippen LogP contribution in [0.4, 0.5) is 0 Å². The Morgan fingerprint density at radius 1 is 1.17 bits per heavy atom. The van der Waals surface area contributed by atoms with Gasteiger partial charge in [-0.25, -0.2) is 0 Å². The molecule has 18 heavy (non-hydrogen) atoms. The van der Waals surface area contributed by atoms with Gasteiger partial charge in [0.25, 0.3) is 0 Å². The second kappa shape index (κ2) is 6.90. The summed E-state index contributed by atoms with van der Waals surface area (Å²) in [5, 5.41) is 28.7. The topological polar surface area (TPSA) is 77.8 Å². The molecule has 0 aromatic carbocycles. The van der Waals surface area contributed by atoms with Gasteiger partial charge in [-0.15, -0.1) is 0 Å². The Bertz CT molecular complexity index is 303. The third-order valence-electron chi connectivity index (χ3n) is 3.77. The second-order valence-corrected chi connectivity index (χ2v) is 5.33. The van der Waals surface area contributed by atoms with Crippen molar-refractivity contribution in [3.8, 4) is 0 Å². The summed E-state index contributed by atoms with van der Waals surface area (Å²) in [5.74, 6) is -0.815. The van der Waals surface area contributed by atoms with Crippen LogP contribution in [0.15, 0.2) is 11.8 Å². The van der Waals surface area contributed by atoms with Crippen LogP contribution < -0.4 is 0 Å². The quantitative estimate of drug-likeness (QED) is 0.519. The number of hydrogen-bond acceptors (Lipinski definition) is 4. The highest BCUT2D eigenvalue weighted by atomic mass is 16.3. The Hall–Kier alpha value is -0.870. The molecule has 1 aliphatic rings. The SMILES string of the molecule is CC(O)C(O)C(C)C(O)=CC(=O)C1CCCCC1. The summed E-state index contributed by atoms with van der Waals surface area (Å²) < 4.78 is 0. The molecular formula is C14H24O4. The Balaban J connectivity index is 2.61. The second-order valence-electron chi connectivity index (χ2n) is 5.33. The maximum atomic E-state index is 11.9. The van der Waals surface area contributed by atoms with Crippen LogP contribution in [0.3, 0.4) is 0 Å². The fourth-order valence-corrected chi connectivity index (χ4v) is 2.37. The molecule has 0 aromatic heterocycles. The van der Waals surface area contributed by atoms with E-state index in [1.165, 1.54) is 19.4 Å². The highest BCUT2D eigenvalue weighted by Crippen LogP contribution is 2.25. The van der Waals surface area contributed by atoms with Crippen molar-refractivity contribution in [3.63, 3.8) is 0 Å². The molecule has 3 N–H and O–H groups in total. The van der Waals surface area contributed by atoms with Gasteiger partial charge >= 0.3 is 0 Å². The first-order valence-corrected chi connectivity index (χ1v) is 6.74. The van der Waals surface area contributed by atoms with Crippen LogP contribution in [-0.4, -0.2) is 33.3 Å². The molecule has 1 rings (SSSR count). The summed E-state index contributed by atoms with van der Waals surface area (Å²) in [4.78, 5) is 11.9. The van der Waals surface area contributed by atoms with Crippen LogP contribution in [-0.2, 0) is 4.79 Å². The maximum absolute atomic E-state index is 11.9. The minimum atomic E-state index is -1.06. The molecule has 4 heteroatoms. The van der Waals surface area contributed by atoms with Crippen LogP contribution in [0.25, 0.3) is 0 Å². The highest BCUT2D eigenvalue weighted by molar-refractivity contribution is 5.92. The Morgan fingerprint density at radius 3 is 2.22 bits per heavy atom. The lowest BCUT2D eigenvalue weighted by Crippen LogP contribution is -2.31. The van der Waals surface area contributed by atoms with Crippen LogP contribution in [0.1, 0.15) is 46.0 Å². The third-order valence-corrected chi connectivity index (χ3v) is 3.77. The van der Waals surface area contributed by atoms with Crippen molar-refractivity contribution >= 4 is 5.78 Å². The van der Waals surface area contributed by atoms with Gasteiger partial charge in [0, 0.05) is 17.9 Å². The van der Waals surface area contributed by atoms with Crippen molar-refractivity contribution in [1.29, 1.82) is 0 Å². The van der Waals surface area contributed by atoms with E-state index in [4.69, 9.17) is 0 Å². The first kappa shape index (κ1) is 15.2. The summed E-state index contributed by atoms with van der Waals surface area (Å²) in [7, 11) is 0. The smallest absolute Gasteiger partial charge is 0.162 e. The lowest BCUT2D eigenvalue weighted by atomic mass is 9.85. The summed E-state index contributed by atoms with van der Waals surface area (Å²) >= 11 is 0. The number of carbonyl (C=O) groups excluding carboxylic acids is 1.